The van der Waals surface area contributed by atoms with Crippen molar-refractivity contribution in [1.82, 2.24) is 9.78 Å². The fourth-order valence-electron chi connectivity index (χ4n) is 3.05. The average Bonchev–Trinajstić information content (AvgIpc) is 3.34. The van der Waals surface area contributed by atoms with Gasteiger partial charge in [0.1, 0.15) is 9.71 Å². The molecule has 168 valence electrons. The molecule has 2 heterocycles. The summed E-state index contributed by atoms with van der Waals surface area (Å²) in [5.74, 6) is -1.38. The molecule has 2 aromatic heterocycles. The number of esters is 1. The average molecular weight is 505 g/mol. The van der Waals surface area contributed by atoms with E-state index in [4.69, 9.17) is 27.9 Å². The van der Waals surface area contributed by atoms with Gasteiger partial charge in [0.2, 0.25) is 0 Å². The third kappa shape index (κ3) is 4.68. The van der Waals surface area contributed by atoms with Crippen molar-refractivity contribution in [2.75, 3.05) is 11.9 Å². The van der Waals surface area contributed by atoms with Gasteiger partial charge in [-0.05, 0) is 31.2 Å². The van der Waals surface area contributed by atoms with Crippen LogP contribution < -0.4 is 5.32 Å². The Labute approximate surface area is 200 Å². The molecule has 2 aromatic carbocycles. The maximum absolute atomic E-state index is 12.5. The summed E-state index contributed by atoms with van der Waals surface area (Å²) in [7, 11) is 0. The maximum atomic E-state index is 12.5. The number of anilines is 1. The van der Waals surface area contributed by atoms with E-state index in [1.165, 1.54) is 12.1 Å². The predicted octanol–water partition coefficient (Wildman–Crippen LogP) is 5.41. The summed E-state index contributed by atoms with van der Waals surface area (Å²) < 4.78 is 6.77. The Kier molecular flexibility index (Phi) is 6.32. The Balaban J connectivity index is 1.48. The maximum Gasteiger partial charge on any atom is 0.348 e. The zero-order valence-corrected chi connectivity index (χ0v) is 19.2. The van der Waals surface area contributed by atoms with Crippen molar-refractivity contribution >= 4 is 68.0 Å². The molecule has 0 fully saturated rings. The minimum Gasteiger partial charge on any atom is -0.451 e. The van der Waals surface area contributed by atoms with Gasteiger partial charge in [-0.15, -0.1) is 11.3 Å². The molecule has 0 saturated carbocycles. The second-order valence-electron chi connectivity index (χ2n) is 6.82. The second kappa shape index (κ2) is 9.18. The molecule has 0 spiro atoms. The van der Waals surface area contributed by atoms with Crippen LogP contribution in [0.25, 0.3) is 15.9 Å². The molecule has 9 nitrogen and oxygen atoms in total. The smallest absolute Gasteiger partial charge is 0.348 e. The second-order valence-corrected chi connectivity index (χ2v) is 8.67. The number of nitrogens with one attached hydrogen (secondary N) is 1. The van der Waals surface area contributed by atoms with Crippen LogP contribution in [0.1, 0.15) is 15.4 Å². The lowest BCUT2D eigenvalue weighted by Gasteiger charge is -2.07. The number of rotatable bonds is 6. The number of para-hydroxylation sites is 1. The number of nitrogens with zero attached hydrogens (tertiary/aromatic N) is 3. The third-order valence-electron chi connectivity index (χ3n) is 4.60. The van der Waals surface area contributed by atoms with Gasteiger partial charge in [0.15, 0.2) is 6.61 Å². The van der Waals surface area contributed by atoms with Crippen LogP contribution in [0, 0.1) is 17.0 Å². The van der Waals surface area contributed by atoms with E-state index in [9.17, 15) is 19.7 Å². The molecular weight excluding hydrogens is 491 g/mol. The van der Waals surface area contributed by atoms with Crippen molar-refractivity contribution < 1.29 is 19.2 Å². The van der Waals surface area contributed by atoms with Crippen LogP contribution in [0.3, 0.4) is 0 Å². The predicted molar refractivity (Wildman–Crippen MR) is 126 cm³/mol. The molecule has 0 aliphatic rings. The summed E-state index contributed by atoms with van der Waals surface area (Å²) in [5.41, 5.74) is 1.19. The highest BCUT2D eigenvalue weighted by atomic mass is 35.5. The van der Waals surface area contributed by atoms with Crippen molar-refractivity contribution in [2.24, 2.45) is 0 Å². The van der Waals surface area contributed by atoms with E-state index >= 15 is 0 Å². The summed E-state index contributed by atoms with van der Waals surface area (Å²) >= 11 is 13.4. The number of hydrogen-bond donors (Lipinski definition) is 1. The van der Waals surface area contributed by atoms with Gasteiger partial charge in [-0.2, -0.15) is 5.10 Å². The van der Waals surface area contributed by atoms with Gasteiger partial charge in [0.05, 0.1) is 32.0 Å². The number of carbonyl (C=O) groups excluding carboxylic acids is 2. The summed E-state index contributed by atoms with van der Waals surface area (Å²) in [6, 6.07) is 12.5. The number of halogens is 2. The standard InChI is InChI=1S/C21H14Cl2N4O5S/c1-11-13-9-18(33-20(13)26(25-11)17-5-3-2-4-15(17)23)21(29)32-10-19(28)24-16-8-12(27(30)31)6-7-14(16)22/h2-9H,10H2,1H3,(H,24,28). The summed E-state index contributed by atoms with van der Waals surface area (Å²) in [5, 5.41) is 19.2. The normalized spacial score (nSPS) is 10.9. The molecule has 12 heteroatoms. The van der Waals surface area contributed by atoms with Crippen LogP contribution in [-0.4, -0.2) is 33.2 Å². The van der Waals surface area contributed by atoms with Gasteiger partial charge in [0.25, 0.3) is 11.6 Å². The van der Waals surface area contributed by atoms with Crippen LogP contribution in [0.5, 0.6) is 0 Å². The van der Waals surface area contributed by atoms with E-state index in [1.54, 1.807) is 16.8 Å². The molecule has 0 aliphatic carbocycles. The molecule has 1 amide bonds. The molecule has 0 bridgehead atoms. The molecule has 0 atom stereocenters. The highest BCUT2D eigenvalue weighted by Crippen LogP contribution is 2.33. The number of aryl methyl sites for hydroxylation is 1. The number of ether oxygens (including phenoxy) is 1. The molecule has 4 aromatic rings. The van der Waals surface area contributed by atoms with Crippen LogP contribution in [0.4, 0.5) is 11.4 Å². The molecule has 0 aliphatic heterocycles. The van der Waals surface area contributed by atoms with E-state index in [0.29, 0.717) is 21.2 Å². The fraction of sp³-hybridized carbons (Fsp3) is 0.0952. The van der Waals surface area contributed by atoms with E-state index < -0.39 is 23.4 Å². The molecular formula is C21H14Cl2N4O5S. The quantitative estimate of drug-likeness (QED) is 0.213. The van der Waals surface area contributed by atoms with Crippen molar-refractivity contribution in [3.8, 4) is 5.69 Å². The minimum absolute atomic E-state index is 0.0456. The number of benzene rings is 2. The molecule has 0 radical (unpaired) electrons. The number of nitro benzene ring substituents is 1. The summed E-state index contributed by atoms with van der Waals surface area (Å²) in [6.45, 7) is 1.22. The van der Waals surface area contributed by atoms with Gasteiger partial charge >= 0.3 is 5.97 Å². The zero-order valence-electron chi connectivity index (χ0n) is 16.9. The number of fused-ring (bicyclic) bond motifs is 1. The fourth-order valence-corrected chi connectivity index (χ4v) is 4.50. The lowest BCUT2D eigenvalue weighted by Crippen LogP contribution is -2.20. The number of amides is 1. The van der Waals surface area contributed by atoms with Gasteiger partial charge in [-0.1, -0.05) is 35.3 Å². The third-order valence-corrected chi connectivity index (χ3v) is 6.34. The first-order chi connectivity index (χ1) is 15.7. The first kappa shape index (κ1) is 22.7. The minimum atomic E-state index is -0.693. The number of nitro groups is 1. The van der Waals surface area contributed by atoms with Gasteiger partial charge in [-0.25, -0.2) is 9.48 Å². The zero-order chi connectivity index (χ0) is 23.7. The molecule has 4 rings (SSSR count). The highest BCUT2D eigenvalue weighted by Gasteiger charge is 2.20. The monoisotopic (exact) mass is 504 g/mol. The summed E-state index contributed by atoms with van der Waals surface area (Å²) in [4.78, 5) is 36.0. The van der Waals surface area contributed by atoms with Crippen LogP contribution in [-0.2, 0) is 9.53 Å². The number of non-ortho nitro benzene ring substituents is 1. The molecule has 33 heavy (non-hydrogen) atoms. The van der Waals surface area contributed by atoms with Crippen molar-refractivity contribution in [3.63, 3.8) is 0 Å². The van der Waals surface area contributed by atoms with E-state index in [2.05, 4.69) is 10.4 Å². The highest BCUT2D eigenvalue weighted by molar-refractivity contribution is 7.20. The topological polar surface area (TPSA) is 116 Å². The Morgan fingerprint density at radius 2 is 1.94 bits per heavy atom. The van der Waals surface area contributed by atoms with E-state index in [1.807, 2.05) is 25.1 Å². The Morgan fingerprint density at radius 3 is 2.67 bits per heavy atom. The van der Waals surface area contributed by atoms with Crippen LogP contribution in [0.15, 0.2) is 48.5 Å². The first-order valence-corrected chi connectivity index (χ1v) is 11.0. The van der Waals surface area contributed by atoms with Crippen molar-refractivity contribution in [3.05, 3.63) is 79.3 Å². The molecule has 1 N–H and O–H groups in total. The Morgan fingerprint density at radius 1 is 1.18 bits per heavy atom. The number of hydrogen-bond acceptors (Lipinski definition) is 7. The van der Waals surface area contributed by atoms with Crippen molar-refractivity contribution in [2.45, 2.75) is 6.92 Å². The molecule has 0 saturated heterocycles. The van der Waals surface area contributed by atoms with E-state index in [-0.39, 0.29) is 21.3 Å². The largest absolute Gasteiger partial charge is 0.451 e. The Bertz CT molecular complexity index is 1420. The van der Waals surface area contributed by atoms with Crippen LogP contribution >= 0.6 is 34.5 Å². The molecule has 0 unspecified atom stereocenters. The van der Waals surface area contributed by atoms with Gasteiger partial charge in [0, 0.05) is 17.5 Å². The van der Waals surface area contributed by atoms with Crippen molar-refractivity contribution in [1.29, 1.82) is 0 Å². The van der Waals surface area contributed by atoms with Crippen LogP contribution in [0.2, 0.25) is 10.0 Å². The lowest BCUT2D eigenvalue weighted by atomic mass is 10.3. The van der Waals surface area contributed by atoms with Gasteiger partial charge in [-0.3, -0.25) is 14.9 Å². The number of thiophene rings is 1. The number of aromatic nitrogens is 2. The van der Waals surface area contributed by atoms with E-state index in [0.717, 1.165) is 22.8 Å². The SMILES string of the molecule is Cc1nn(-c2ccccc2Cl)c2sc(C(=O)OCC(=O)Nc3cc([N+](=O)[O-])ccc3Cl)cc12. The Hall–Kier alpha value is -3.47. The van der Waals surface area contributed by atoms with Gasteiger partial charge < -0.3 is 10.1 Å². The lowest BCUT2D eigenvalue weighted by molar-refractivity contribution is -0.384. The number of carbonyl (C=O) groups is 2. The summed E-state index contributed by atoms with van der Waals surface area (Å²) in [6.07, 6.45) is 0. The first-order valence-electron chi connectivity index (χ1n) is 9.39.